The molecule has 2 aromatic heterocycles. The Morgan fingerprint density at radius 2 is 2.09 bits per heavy atom. The number of piperidine rings is 1. The van der Waals surface area contributed by atoms with Crippen molar-refractivity contribution < 1.29 is 10.2 Å². The number of benzene rings is 1. The summed E-state index contributed by atoms with van der Waals surface area (Å²) in [4.78, 5) is 4.76. The minimum atomic E-state index is -0.775. The van der Waals surface area contributed by atoms with Gasteiger partial charge >= 0.3 is 0 Å². The molecule has 2 aliphatic heterocycles. The van der Waals surface area contributed by atoms with E-state index in [9.17, 15) is 10.2 Å². The first kappa shape index (κ1) is 21.9. The van der Waals surface area contributed by atoms with Gasteiger partial charge in [-0.05, 0) is 50.2 Å². The molecule has 2 aliphatic rings. The van der Waals surface area contributed by atoms with Crippen molar-refractivity contribution >= 4 is 40.6 Å². The average Bonchev–Trinajstić information content (AvgIpc) is 3.41. The van der Waals surface area contributed by atoms with E-state index in [0.717, 1.165) is 42.9 Å². The quantitative estimate of drug-likeness (QED) is 0.269. The lowest BCUT2D eigenvalue weighted by Crippen LogP contribution is -2.38. The van der Waals surface area contributed by atoms with Crippen molar-refractivity contribution in [3.05, 3.63) is 52.8 Å². The highest BCUT2D eigenvalue weighted by molar-refractivity contribution is 6.30. The van der Waals surface area contributed by atoms with Crippen LogP contribution in [0.25, 0.3) is 11.7 Å². The first-order valence-electron chi connectivity index (χ1n) is 11.0. The molecule has 11 heteroatoms. The summed E-state index contributed by atoms with van der Waals surface area (Å²) in [5.41, 5.74) is 3.02. The normalized spacial score (nSPS) is 21.3. The molecule has 2 fully saturated rings. The van der Waals surface area contributed by atoms with Crippen LogP contribution in [-0.4, -0.2) is 57.0 Å². The number of rotatable bonds is 6. The number of anilines is 3. The Bertz CT molecular complexity index is 1160. The van der Waals surface area contributed by atoms with E-state index in [1.54, 1.807) is 10.7 Å². The van der Waals surface area contributed by atoms with Crippen LogP contribution in [0.5, 0.6) is 0 Å². The molecular weight excluding hydrogens is 444 g/mol. The van der Waals surface area contributed by atoms with E-state index in [1.807, 2.05) is 36.4 Å². The number of nitrogens with zero attached hydrogens (tertiary/aromatic N) is 3. The van der Waals surface area contributed by atoms with E-state index in [1.165, 1.54) is 0 Å². The molecule has 0 radical (unpaired) electrons. The van der Waals surface area contributed by atoms with Gasteiger partial charge in [0.1, 0.15) is 17.9 Å². The molecule has 4 heterocycles. The zero-order valence-electron chi connectivity index (χ0n) is 17.9. The third-order valence-electron chi connectivity index (χ3n) is 5.86. The highest BCUT2D eigenvalue weighted by Crippen LogP contribution is 2.26. The topological polar surface area (TPSA) is 131 Å². The molecule has 2 unspecified atom stereocenters. The Hall–Kier alpha value is -2.89. The van der Waals surface area contributed by atoms with E-state index in [0.29, 0.717) is 28.9 Å². The molecule has 7 N–H and O–H groups in total. The first-order chi connectivity index (χ1) is 16.0. The van der Waals surface area contributed by atoms with Gasteiger partial charge in [-0.15, -0.1) is 0 Å². The van der Waals surface area contributed by atoms with Crippen LogP contribution >= 0.6 is 11.6 Å². The molecule has 0 aliphatic carbocycles. The van der Waals surface area contributed by atoms with Crippen molar-refractivity contribution in [2.75, 3.05) is 30.3 Å². The van der Waals surface area contributed by atoms with E-state index >= 15 is 0 Å². The fourth-order valence-corrected chi connectivity index (χ4v) is 4.35. The SMILES string of the molecule is OC1NC/C(=C/c2cnn3c(NC(O)C4CCNCC4)cc(Nc4cccc(Cl)c4)nc23)N1. The van der Waals surface area contributed by atoms with Crippen LogP contribution < -0.4 is 26.6 Å². The van der Waals surface area contributed by atoms with Crippen molar-refractivity contribution in [1.29, 1.82) is 0 Å². The van der Waals surface area contributed by atoms with Crippen LogP contribution in [0.4, 0.5) is 17.3 Å². The number of fused-ring (bicyclic) bond motifs is 1. The predicted molar refractivity (Wildman–Crippen MR) is 128 cm³/mol. The van der Waals surface area contributed by atoms with E-state index in [2.05, 4.69) is 31.7 Å². The zero-order valence-corrected chi connectivity index (χ0v) is 18.7. The summed E-state index contributed by atoms with van der Waals surface area (Å²) in [6, 6.07) is 9.22. The Labute approximate surface area is 196 Å². The summed E-state index contributed by atoms with van der Waals surface area (Å²) in [6.07, 6.45) is 3.92. The molecule has 0 saturated carbocycles. The van der Waals surface area contributed by atoms with Crippen molar-refractivity contribution in [1.82, 2.24) is 30.5 Å². The minimum absolute atomic E-state index is 0.145. The maximum atomic E-state index is 10.9. The van der Waals surface area contributed by atoms with Gasteiger partial charge < -0.3 is 31.5 Å². The molecule has 33 heavy (non-hydrogen) atoms. The smallest absolute Gasteiger partial charge is 0.181 e. The van der Waals surface area contributed by atoms with Crippen molar-refractivity contribution in [2.45, 2.75) is 25.4 Å². The van der Waals surface area contributed by atoms with Crippen LogP contribution in [0.1, 0.15) is 18.4 Å². The molecule has 174 valence electrons. The molecule has 2 saturated heterocycles. The van der Waals surface area contributed by atoms with Crippen molar-refractivity contribution in [3.8, 4) is 0 Å². The van der Waals surface area contributed by atoms with Crippen LogP contribution in [0, 0.1) is 5.92 Å². The lowest BCUT2D eigenvalue weighted by molar-refractivity contribution is 0.112. The molecule has 2 atom stereocenters. The Morgan fingerprint density at radius 1 is 1.24 bits per heavy atom. The number of hydrogen-bond acceptors (Lipinski definition) is 9. The molecule has 1 aromatic carbocycles. The first-order valence-corrected chi connectivity index (χ1v) is 11.4. The van der Waals surface area contributed by atoms with Gasteiger partial charge in [0, 0.05) is 40.5 Å². The van der Waals surface area contributed by atoms with Gasteiger partial charge in [0.05, 0.1) is 6.20 Å². The lowest BCUT2D eigenvalue weighted by atomic mass is 9.96. The van der Waals surface area contributed by atoms with E-state index < -0.39 is 12.6 Å². The second-order valence-electron chi connectivity index (χ2n) is 8.27. The summed E-state index contributed by atoms with van der Waals surface area (Å²) in [7, 11) is 0. The van der Waals surface area contributed by atoms with Crippen LogP contribution in [0.3, 0.4) is 0 Å². The third kappa shape index (κ3) is 5.05. The van der Waals surface area contributed by atoms with Gasteiger partial charge in [-0.2, -0.15) is 9.61 Å². The molecule has 10 nitrogen and oxygen atoms in total. The minimum Gasteiger partial charge on any atom is -0.373 e. The van der Waals surface area contributed by atoms with Crippen LogP contribution in [0.2, 0.25) is 5.02 Å². The second-order valence-corrected chi connectivity index (χ2v) is 8.71. The standard InChI is InChI=1S/C22H27ClN8O2/c23-15-2-1-3-16(9-15)27-18-10-19(30-21(32)13-4-6-24-7-5-13)31-20(29-18)14(11-26-31)8-17-12-25-22(33)28-17/h1-3,8-11,13,21-22,24-25,28,30,32-33H,4-7,12H2,(H,27,29)/b17-8-. The fourth-order valence-electron chi connectivity index (χ4n) is 4.16. The number of aromatic nitrogens is 3. The average molecular weight is 471 g/mol. The maximum Gasteiger partial charge on any atom is 0.181 e. The van der Waals surface area contributed by atoms with Gasteiger partial charge in [-0.3, -0.25) is 5.32 Å². The van der Waals surface area contributed by atoms with Crippen LogP contribution in [0.15, 0.2) is 42.2 Å². The summed E-state index contributed by atoms with van der Waals surface area (Å²) >= 11 is 6.14. The van der Waals surface area contributed by atoms with Gasteiger partial charge in [-0.25, -0.2) is 4.98 Å². The van der Waals surface area contributed by atoms with Gasteiger partial charge in [0.25, 0.3) is 0 Å². The second kappa shape index (κ2) is 9.54. The zero-order chi connectivity index (χ0) is 22.8. The predicted octanol–water partition coefficient (Wildman–Crippen LogP) is 1.67. The molecule has 5 rings (SSSR count). The molecule has 0 spiro atoms. The number of halogens is 1. The number of aliphatic hydroxyl groups excluding tert-OH is 2. The van der Waals surface area contributed by atoms with Gasteiger partial charge in [0.2, 0.25) is 0 Å². The lowest BCUT2D eigenvalue weighted by Gasteiger charge is -2.28. The van der Waals surface area contributed by atoms with Crippen molar-refractivity contribution in [3.63, 3.8) is 0 Å². The summed E-state index contributed by atoms with van der Waals surface area (Å²) < 4.78 is 1.68. The number of aliphatic hydroxyl groups is 2. The van der Waals surface area contributed by atoms with Gasteiger partial charge in [-0.1, -0.05) is 17.7 Å². The van der Waals surface area contributed by atoms with E-state index in [-0.39, 0.29) is 5.92 Å². The Balaban J connectivity index is 1.50. The Kier molecular flexibility index (Phi) is 6.34. The van der Waals surface area contributed by atoms with E-state index in [4.69, 9.17) is 16.6 Å². The van der Waals surface area contributed by atoms with Gasteiger partial charge in [0.15, 0.2) is 12.0 Å². The summed E-state index contributed by atoms with van der Waals surface area (Å²) in [6.45, 7) is 2.30. The maximum absolute atomic E-state index is 10.9. The van der Waals surface area contributed by atoms with Crippen molar-refractivity contribution in [2.24, 2.45) is 5.92 Å². The molecule has 3 aromatic rings. The number of hydrogen-bond donors (Lipinski definition) is 7. The number of nitrogens with one attached hydrogen (secondary N) is 5. The molecular formula is C22H27ClN8O2. The fraction of sp³-hybridized carbons (Fsp3) is 0.364. The molecule has 0 amide bonds. The highest BCUT2D eigenvalue weighted by atomic mass is 35.5. The monoisotopic (exact) mass is 470 g/mol. The largest absolute Gasteiger partial charge is 0.373 e. The third-order valence-corrected chi connectivity index (χ3v) is 6.10. The summed E-state index contributed by atoms with van der Waals surface area (Å²) in [5.74, 6) is 1.35. The summed E-state index contributed by atoms with van der Waals surface area (Å²) in [5, 5.41) is 41.4. The molecule has 0 bridgehead atoms. The Morgan fingerprint density at radius 3 is 2.85 bits per heavy atom. The van der Waals surface area contributed by atoms with Crippen LogP contribution in [-0.2, 0) is 0 Å². The highest BCUT2D eigenvalue weighted by Gasteiger charge is 2.23.